The van der Waals surface area contributed by atoms with Gasteiger partial charge in [-0.1, -0.05) is 12.1 Å². The summed E-state index contributed by atoms with van der Waals surface area (Å²) < 4.78 is 5.65. The number of likely N-dealkylation sites (N-methyl/N-ethyl adjacent to an activating group) is 1. The van der Waals surface area contributed by atoms with E-state index in [1.54, 1.807) is 0 Å². The maximum atomic E-state index is 12.0. The topological polar surface area (TPSA) is 55.6 Å². The molecule has 1 saturated heterocycles. The van der Waals surface area contributed by atoms with Crippen LogP contribution in [-0.2, 0) is 4.79 Å². The van der Waals surface area contributed by atoms with E-state index in [-0.39, 0.29) is 24.1 Å². The lowest BCUT2D eigenvalue weighted by Crippen LogP contribution is -2.48. The maximum absolute atomic E-state index is 12.0. The first-order valence-electron chi connectivity index (χ1n) is 7.34. The third kappa shape index (κ3) is 3.12. The van der Waals surface area contributed by atoms with Crippen molar-refractivity contribution in [2.75, 3.05) is 6.54 Å². The van der Waals surface area contributed by atoms with Crippen LogP contribution in [-0.4, -0.2) is 29.5 Å². The summed E-state index contributed by atoms with van der Waals surface area (Å²) in [6.45, 7) is 6.70. The van der Waals surface area contributed by atoms with Gasteiger partial charge in [-0.05, 0) is 44.9 Å². The van der Waals surface area contributed by atoms with Crippen molar-refractivity contribution in [3.05, 3.63) is 29.8 Å². The zero-order chi connectivity index (χ0) is 14.7. The van der Waals surface area contributed by atoms with Crippen LogP contribution in [0.15, 0.2) is 24.3 Å². The zero-order valence-electron chi connectivity index (χ0n) is 12.5. The average Bonchev–Trinajstić information content (AvgIpc) is 2.41. The zero-order valence-corrected chi connectivity index (χ0v) is 12.5. The van der Waals surface area contributed by atoms with Crippen LogP contribution in [0.3, 0.4) is 0 Å². The van der Waals surface area contributed by atoms with Gasteiger partial charge in [-0.2, -0.15) is 0 Å². The molecule has 4 nitrogen and oxygen atoms in total. The molecule has 0 aliphatic carbocycles. The van der Waals surface area contributed by atoms with E-state index in [9.17, 15) is 4.79 Å². The third-order valence-corrected chi connectivity index (χ3v) is 3.69. The summed E-state index contributed by atoms with van der Waals surface area (Å²) in [6, 6.07) is 7.93. The van der Waals surface area contributed by atoms with Crippen molar-refractivity contribution in [3.63, 3.8) is 0 Å². The molecule has 0 bridgehead atoms. The van der Waals surface area contributed by atoms with Crippen LogP contribution in [0.25, 0.3) is 0 Å². The van der Waals surface area contributed by atoms with Crippen molar-refractivity contribution >= 4 is 5.91 Å². The van der Waals surface area contributed by atoms with E-state index in [1.807, 2.05) is 49.9 Å². The van der Waals surface area contributed by atoms with Gasteiger partial charge in [-0.25, -0.2) is 0 Å². The smallest absolute Gasteiger partial charge is 0.223 e. The van der Waals surface area contributed by atoms with E-state index < -0.39 is 0 Å². The standard InChI is InChI=1S/C16H24N2O2/c1-4-18-15(19)10-9-14(17)16(18)12-5-7-13(8-6-12)20-11(2)3/h5-8,11,14,16H,4,9-10,17H2,1-3H3. The first-order chi connectivity index (χ1) is 9.52. The second-order valence-electron chi connectivity index (χ2n) is 5.56. The number of nitrogens with two attached hydrogens (primary N) is 1. The fourth-order valence-electron chi connectivity index (χ4n) is 2.79. The molecular weight excluding hydrogens is 252 g/mol. The summed E-state index contributed by atoms with van der Waals surface area (Å²) in [5.41, 5.74) is 7.32. The number of piperidine rings is 1. The van der Waals surface area contributed by atoms with Crippen molar-refractivity contribution in [2.24, 2.45) is 5.73 Å². The highest BCUT2D eigenvalue weighted by Gasteiger charge is 2.33. The number of benzene rings is 1. The van der Waals surface area contributed by atoms with Crippen LogP contribution in [0.1, 0.15) is 45.2 Å². The molecule has 2 N–H and O–H groups in total. The Kier molecular flexibility index (Phi) is 4.65. The number of rotatable bonds is 4. The van der Waals surface area contributed by atoms with E-state index in [2.05, 4.69) is 0 Å². The second kappa shape index (κ2) is 6.27. The number of carbonyl (C=O) groups is 1. The first-order valence-corrected chi connectivity index (χ1v) is 7.34. The molecule has 1 fully saturated rings. The summed E-state index contributed by atoms with van der Waals surface area (Å²) in [7, 11) is 0. The van der Waals surface area contributed by atoms with Crippen LogP contribution >= 0.6 is 0 Å². The van der Waals surface area contributed by atoms with Gasteiger partial charge in [0.1, 0.15) is 5.75 Å². The molecule has 1 heterocycles. The summed E-state index contributed by atoms with van der Waals surface area (Å²) in [5, 5.41) is 0. The summed E-state index contributed by atoms with van der Waals surface area (Å²) >= 11 is 0. The number of likely N-dealkylation sites (tertiary alicyclic amines) is 1. The molecule has 1 aliphatic rings. The molecular formula is C16H24N2O2. The van der Waals surface area contributed by atoms with Gasteiger partial charge in [0.25, 0.3) is 0 Å². The molecule has 0 aromatic heterocycles. The SMILES string of the molecule is CCN1C(=O)CCC(N)C1c1ccc(OC(C)C)cc1. The molecule has 20 heavy (non-hydrogen) atoms. The Morgan fingerprint density at radius 3 is 2.55 bits per heavy atom. The predicted molar refractivity (Wildman–Crippen MR) is 79.5 cm³/mol. The number of hydrogen-bond acceptors (Lipinski definition) is 3. The molecule has 2 atom stereocenters. The summed E-state index contributed by atoms with van der Waals surface area (Å²) in [4.78, 5) is 13.9. The molecule has 1 aromatic carbocycles. The van der Waals surface area contributed by atoms with Gasteiger partial charge in [0.15, 0.2) is 0 Å². The Labute approximate surface area is 120 Å². The normalized spacial score (nSPS) is 23.2. The molecule has 2 rings (SSSR count). The van der Waals surface area contributed by atoms with Gasteiger partial charge in [-0.15, -0.1) is 0 Å². The number of ether oxygens (including phenoxy) is 1. The number of amides is 1. The molecule has 0 saturated carbocycles. The number of carbonyl (C=O) groups excluding carboxylic acids is 1. The van der Waals surface area contributed by atoms with Gasteiger partial charge in [0.05, 0.1) is 12.1 Å². The Hall–Kier alpha value is -1.55. The van der Waals surface area contributed by atoms with Crippen LogP contribution < -0.4 is 10.5 Å². The minimum Gasteiger partial charge on any atom is -0.491 e. The van der Waals surface area contributed by atoms with E-state index in [0.717, 1.165) is 17.7 Å². The van der Waals surface area contributed by atoms with Crippen molar-refractivity contribution in [1.29, 1.82) is 0 Å². The molecule has 0 spiro atoms. The van der Waals surface area contributed by atoms with E-state index in [0.29, 0.717) is 13.0 Å². The van der Waals surface area contributed by atoms with E-state index in [1.165, 1.54) is 0 Å². The average molecular weight is 276 g/mol. The minimum atomic E-state index is -0.0191. The van der Waals surface area contributed by atoms with Crippen LogP contribution in [0.4, 0.5) is 0 Å². The largest absolute Gasteiger partial charge is 0.491 e. The Morgan fingerprint density at radius 1 is 1.35 bits per heavy atom. The van der Waals surface area contributed by atoms with Gasteiger partial charge in [0.2, 0.25) is 5.91 Å². The van der Waals surface area contributed by atoms with E-state index >= 15 is 0 Å². The van der Waals surface area contributed by atoms with Gasteiger partial charge in [-0.3, -0.25) is 4.79 Å². The van der Waals surface area contributed by atoms with E-state index in [4.69, 9.17) is 10.5 Å². The highest BCUT2D eigenvalue weighted by Crippen LogP contribution is 2.31. The van der Waals surface area contributed by atoms with Crippen molar-refractivity contribution < 1.29 is 9.53 Å². The summed E-state index contributed by atoms with van der Waals surface area (Å²) in [6.07, 6.45) is 1.47. The lowest BCUT2D eigenvalue weighted by Gasteiger charge is -2.39. The van der Waals surface area contributed by atoms with Crippen LogP contribution in [0, 0.1) is 0 Å². The Balaban J connectivity index is 2.21. The Bertz CT molecular complexity index is 456. The lowest BCUT2D eigenvalue weighted by molar-refractivity contribution is -0.137. The molecule has 0 radical (unpaired) electrons. The lowest BCUT2D eigenvalue weighted by atomic mass is 9.90. The van der Waals surface area contributed by atoms with Crippen molar-refractivity contribution in [1.82, 2.24) is 4.90 Å². The Morgan fingerprint density at radius 2 is 2.00 bits per heavy atom. The number of nitrogens with zero attached hydrogens (tertiary/aromatic N) is 1. The van der Waals surface area contributed by atoms with Crippen LogP contribution in [0.2, 0.25) is 0 Å². The molecule has 2 unspecified atom stereocenters. The second-order valence-corrected chi connectivity index (χ2v) is 5.56. The maximum Gasteiger partial charge on any atom is 0.223 e. The van der Waals surface area contributed by atoms with Crippen molar-refractivity contribution in [3.8, 4) is 5.75 Å². The molecule has 110 valence electrons. The van der Waals surface area contributed by atoms with Gasteiger partial charge in [0, 0.05) is 19.0 Å². The highest BCUT2D eigenvalue weighted by molar-refractivity contribution is 5.77. The van der Waals surface area contributed by atoms with Gasteiger partial charge >= 0.3 is 0 Å². The van der Waals surface area contributed by atoms with Crippen LogP contribution in [0.5, 0.6) is 5.75 Å². The molecule has 1 aromatic rings. The molecule has 4 heteroatoms. The van der Waals surface area contributed by atoms with Gasteiger partial charge < -0.3 is 15.4 Å². The van der Waals surface area contributed by atoms with Crippen molar-refractivity contribution in [2.45, 2.75) is 51.8 Å². The fourth-order valence-corrected chi connectivity index (χ4v) is 2.79. The molecule has 1 amide bonds. The molecule has 1 aliphatic heterocycles. The monoisotopic (exact) mass is 276 g/mol. The number of hydrogen-bond donors (Lipinski definition) is 1. The highest BCUT2D eigenvalue weighted by atomic mass is 16.5. The quantitative estimate of drug-likeness (QED) is 0.919. The fraction of sp³-hybridized carbons (Fsp3) is 0.562. The predicted octanol–water partition coefficient (Wildman–Crippen LogP) is 2.48. The first kappa shape index (κ1) is 14.9. The minimum absolute atomic E-state index is 0.00418. The summed E-state index contributed by atoms with van der Waals surface area (Å²) in [5.74, 6) is 1.05. The third-order valence-electron chi connectivity index (χ3n) is 3.69.